The summed E-state index contributed by atoms with van der Waals surface area (Å²) in [6.07, 6.45) is 2.82. The molecule has 18 heavy (non-hydrogen) atoms. The van der Waals surface area contributed by atoms with Gasteiger partial charge in [-0.05, 0) is 12.3 Å². The number of hydrogen-bond acceptors (Lipinski definition) is 3. The number of carbonyl (C=O) groups is 1. The van der Waals surface area contributed by atoms with Crippen LogP contribution in [0.2, 0.25) is 0 Å². The van der Waals surface area contributed by atoms with Crippen molar-refractivity contribution < 1.29 is 4.79 Å². The second-order valence-electron chi connectivity index (χ2n) is 4.93. The number of carbonyl (C=O) groups excluding carboxylic acids is 1. The van der Waals surface area contributed by atoms with Crippen molar-refractivity contribution in [2.45, 2.75) is 33.7 Å². The molecule has 1 atom stereocenters. The van der Waals surface area contributed by atoms with Crippen LogP contribution in [0, 0.1) is 11.8 Å². The van der Waals surface area contributed by atoms with E-state index in [0.29, 0.717) is 13.1 Å². The van der Waals surface area contributed by atoms with E-state index in [2.05, 4.69) is 17.3 Å². The van der Waals surface area contributed by atoms with Gasteiger partial charge in [-0.1, -0.05) is 20.8 Å². The Bertz CT molecular complexity index is 398. The van der Waals surface area contributed by atoms with Crippen LogP contribution in [0.1, 0.15) is 32.0 Å². The van der Waals surface area contributed by atoms with Gasteiger partial charge in [0.2, 0.25) is 5.91 Å². The van der Waals surface area contributed by atoms with Crippen LogP contribution in [0.25, 0.3) is 0 Å². The van der Waals surface area contributed by atoms with E-state index in [-0.39, 0.29) is 17.7 Å². The van der Waals surface area contributed by atoms with Gasteiger partial charge in [0.25, 0.3) is 0 Å². The van der Waals surface area contributed by atoms with Crippen molar-refractivity contribution in [2.75, 3.05) is 6.54 Å². The van der Waals surface area contributed by atoms with Crippen LogP contribution in [0.15, 0.2) is 6.20 Å². The molecule has 5 nitrogen and oxygen atoms in total. The lowest BCUT2D eigenvalue weighted by Crippen LogP contribution is -2.37. The van der Waals surface area contributed by atoms with E-state index in [1.54, 1.807) is 4.68 Å². The van der Waals surface area contributed by atoms with E-state index in [1.807, 2.05) is 27.1 Å². The molecule has 1 unspecified atom stereocenters. The van der Waals surface area contributed by atoms with Gasteiger partial charge < -0.3 is 11.1 Å². The lowest BCUT2D eigenvalue weighted by atomic mass is 9.95. The third kappa shape index (κ3) is 3.57. The topological polar surface area (TPSA) is 72.9 Å². The van der Waals surface area contributed by atoms with Crippen LogP contribution in [-0.2, 0) is 24.8 Å². The van der Waals surface area contributed by atoms with E-state index in [9.17, 15) is 4.79 Å². The monoisotopic (exact) mass is 252 g/mol. The molecule has 0 aliphatic carbocycles. The van der Waals surface area contributed by atoms with E-state index < -0.39 is 0 Å². The lowest BCUT2D eigenvalue weighted by Gasteiger charge is -2.18. The Morgan fingerprint density at radius 2 is 2.22 bits per heavy atom. The van der Waals surface area contributed by atoms with Crippen molar-refractivity contribution in [3.8, 4) is 0 Å². The summed E-state index contributed by atoms with van der Waals surface area (Å²) in [5.74, 6) is 0.166. The predicted octanol–water partition coefficient (Wildman–Crippen LogP) is 0.830. The highest BCUT2D eigenvalue weighted by Crippen LogP contribution is 2.11. The van der Waals surface area contributed by atoms with Gasteiger partial charge in [0.05, 0.1) is 11.6 Å². The maximum atomic E-state index is 12.0. The molecule has 1 aromatic heterocycles. The molecule has 0 spiro atoms. The third-order valence-corrected chi connectivity index (χ3v) is 3.18. The zero-order valence-electron chi connectivity index (χ0n) is 11.7. The number of aryl methyl sites for hydroxylation is 2. The first kappa shape index (κ1) is 14.7. The lowest BCUT2D eigenvalue weighted by molar-refractivity contribution is -0.126. The van der Waals surface area contributed by atoms with E-state index in [0.717, 1.165) is 17.7 Å². The molecule has 1 aromatic rings. The molecule has 102 valence electrons. The van der Waals surface area contributed by atoms with Gasteiger partial charge >= 0.3 is 0 Å². The Balaban J connectivity index is 2.61. The number of nitrogens with zero attached hydrogens (tertiary/aromatic N) is 2. The fraction of sp³-hybridized carbons (Fsp3) is 0.692. The van der Waals surface area contributed by atoms with Gasteiger partial charge in [0, 0.05) is 31.9 Å². The second kappa shape index (κ2) is 6.54. The van der Waals surface area contributed by atoms with Crippen molar-refractivity contribution >= 4 is 5.91 Å². The molecule has 0 saturated heterocycles. The van der Waals surface area contributed by atoms with Crippen molar-refractivity contribution in [3.63, 3.8) is 0 Å². The summed E-state index contributed by atoms with van der Waals surface area (Å²) in [7, 11) is 1.89. The van der Waals surface area contributed by atoms with Gasteiger partial charge in [0.1, 0.15) is 0 Å². The van der Waals surface area contributed by atoms with Crippen LogP contribution < -0.4 is 11.1 Å². The average molecular weight is 252 g/mol. The van der Waals surface area contributed by atoms with Gasteiger partial charge in [-0.25, -0.2) is 0 Å². The second-order valence-corrected chi connectivity index (χ2v) is 4.93. The SMILES string of the molecule is CCc1nn(C)cc1CNC(=O)C(CN)C(C)C. The Hall–Kier alpha value is -1.36. The Morgan fingerprint density at radius 1 is 1.56 bits per heavy atom. The van der Waals surface area contributed by atoms with Crippen LogP contribution in [0.5, 0.6) is 0 Å². The quantitative estimate of drug-likeness (QED) is 0.787. The molecule has 1 rings (SSSR count). The van der Waals surface area contributed by atoms with Crippen molar-refractivity contribution in [2.24, 2.45) is 24.6 Å². The number of aromatic nitrogens is 2. The molecular formula is C13H24N4O. The molecule has 0 saturated carbocycles. The number of rotatable bonds is 6. The summed E-state index contributed by atoms with van der Waals surface area (Å²) in [6, 6.07) is 0. The first-order valence-electron chi connectivity index (χ1n) is 6.48. The molecule has 0 aliphatic heterocycles. The normalized spacial score (nSPS) is 12.8. The highest BCUT2D eigenvalue weighted by molar-refractivity contribution is 5.79. The van der Waals surface area contributed by atoms with E-state index in [4.69, 9.17) is 5.73 Å². The van der Waals surface area contributed by atoms with Gasteiger partial charge in [-0.15, -0.1) is 0 Å². The summed E-state index contributed by atoms with van der Waals surface area (Å²) in [5.41, 5.74) is 7.74. The van der Waals surface area contributed by atoms with Crippen molar-refractivity contribution in [1.29, 1.82) is 0 Å². The molecule has 1 amide bonds. The summed E-state index contributed by atoms with van der Waals surface area (Å²) >= 11 is 0. The van der Waals surface area contributed by atoms with Gasteiger partial charge in [-0.2, -0.15) is 5.10 Å². The molecule has 1 heterocycles. The number of amides is 1. The molecule has 0 aliphatic rings. The minimum absolute atomic E-state index is 0.0263. The minimum Gasteiger partial charge on any atom is -0.352 e. The first-order chi connectivity index (χ1) is 8.49. The highest BCUT2D eigenvalue weighted by atomic mass is 16.1. The fourth-order valence-electron chi connectivity index (χ4n) is 2.02. The van der Waals surface area contributed by atoms with E-state index in [1.165, 1.54) is 0 Å². The standard InChI is InChI=1S/C13H24N4O/c1-5-12-10(8-17(4)16-12)7-15-13(18)11(6-14)9(2)3/h8-9,11H,5-7,14H2,1-4H3,(H,15,18). The Labute approximate surface area is 109 Å². The van der Waals surface area contributed by atoms with Crippen molar-refractivity contribution in [3.05, 3.63) is 17.5 Å². The Morgan fingerprint density at radius 3 is 2.72 bits per heavy atom. The highest BCUT2D eigenvalue weighted by Gasteiger charge is 2.20. The zero-order valence-corrected chi connectivity index (χ0v) is 11.7. The van der Waals surface area contributed by atoms with Crippen LogP contribution in [-0.4, -0.2) is 22.2 Å². The van der Waals surface area contributed by atoms with Crippen molar-refractivity contribution in [1.82, 2.24) is 15.1 Å². The fourth-order valence-corrected chi connectivity index (χ4v) is 2.02. The maximum Gasteiger partial charge on any atom is 0.224 e. The van der Waals surface area contributed by atoms with Gasteiger partial charge in [0.15, 0.2) is 0 Å². The molecule has 3 N–H and O–H groups in total. The van der Waals surface area contributed by atoms with Gasteiger partial charge in [-0.3, -0.25) is 9.48 Å². The summed E-state index contributed by atoms with van der Waals surface area (Å²) in [4.78, 5) is 12.0. The maximum absolute atomic E-state index is 12.0. The predicted molar refractivity (Wildman–Crippen MR) is 71.8 cm³/mol. The summed E-state index contributed by atoms with van der Waals surface area (Å²) < 4.78 is 1.78. The summed E-state index contributed by atoms with van der Waals surface area (Å²) in [6.45, 7) is 7.00. The molecule has 0 bridgehead atoms. The molecule has 0 radical (unpaired) electrons. The Kier molecular flexibility index (Phi) is 5.34. The van der Waals surface area contributed by atoms with E-state index >= 15 is 0 Å². The van der Waals surface area contributed by atoms with Crippen LogP contribution in [0.3, 0.4) is 0 Å². The largest absolute Gasteiger partial charge is 0.352 e. The number of hydrogen-bond donors (Lipinski definition) is 2. The van der Waals surface area contributed by atoms with Crippen LogP contribution >= 0.6 is 0 Å². The smallest absolute Gasteiger partial charge is 0.224 e. The third-order valence-electron chi connectivity index (χ3n) is 3.18. The average Bonchev–Trinajstić information content (AvgIpc) is 2.67. The minimum atomic E-state index is -0.119. The molecular weight excluding hydrogens is 228 g/mol. The summed E-state index contributed by atoms with van der Waals surface area (Å²) in [5, 5.41) is 7.29. The first-order valence-corrected chi connectivity index (χ1v) is 6.48. The molecule has 0 aromatic carbocycles. The molecule has 5 heteroatoms. The number of nitrogens with one attached hydrogen (secondary N) is 1. The number of nitrogens with two attached hydrogens (primary N) is 1. The van der Waals surface area contributed by atoms with Crippen LogP contribution in [0.4, 0.5) is 0 Å². The zero-order chi connectivity index (χ0) is 13.7. The molecule has 0 fully saturated rings.